The number of hydrogen-bond acceptors (Lipinski definition) is 5. The number of hydrogen-bond donors (Lipinski definition) is 1. The van der Waals surface area contributed by atoms with Crippen LogP contribution in [0.1, 0.15) is 22.8 Å². The van der Waals surface area contributed by atoms with Crippen LogP contribution in [0.2, 0.25) is 0 Å². The molecule has 2 rings (SSSR count). The summed E-state index contributed by atoms with van der Waals surface area (Å²) in [5.74, 6) is 0.710. The van der Waals surface area contributed by atoms with E-state index in [0.29, 0.717) is 12.3 Å². The number of sulfone groups is 1. The fourth-order valence-corrected chi connectivity index (χ4v) is 5.39. The Kier molecular flexibility index (Phi) is 5.29. The lowest BCUT2D eigenvalue weighted by Crippen LogP contribution is -2.47. The summed E-state index contributed by atoms with van der Waals surface area (Å²) in [6.07, 6.45) is 0. The van der Waals surface area contributed by atoms with Crippen LogP contribution in [0.15, 0.2) is 24.3 Å². The minimum absolute atomic E-state index is 0.146. The smallest absolute Gasteiger partial charge is 0.335 e. The highest BCUT2D eigenvalue weighted by molar-refractivity contribution is 8.01. The van der Waals surface area contributed by atoms with Crippen LogP contribution >= 0.6 is 11.8 Å². The highest BCUT2D eigenvalue weighted by atomic mass is 32.2. The Morgan fingerprint density at radius 2 is 2.05 bits per heavy atom. The van der Waals surface area contributed by atoms with Crippen LogP contribution in [-0.2, 0) is 16.4 Å². The number of carbonyl (C=O) groups is 1. The molecule has 0 aliphatic carbocycles. The number of nitrogens with zero attached hydrogens (tertiary/aromatic N) is 1. The van der Waals surface area contributed by atoms with E-state index in [2.05, 4.69) is 0 Å². The van der Waals surface area contributed by atoms with Gasteiger partial charge in [0.2, 0.25) is 0 Å². The molecule has 0 saturated carbocycles. The van der Waals surface area contributed by atoms with Gasteiger partial charge in [-0.1, -0.05) is 19.1 Å². The Balaban J connectivity index is 2.14. The van der Waals surface area contributed by atoms with E-state index in [1.807, 2.05) is 4.90 Å². The maximum Gasteiger partial charge on any atom is 0.335 e. The van der Waals surface area contributed by atoms with Gasteiger partial charge in [0.15, 0.2) is 9.84 Å². The van der Waals surface area contributed by atoms with Gasteiger partial charge in [0.1, 0.15) is 5.37 Å². The van der Waals surface area contributed by atoms with Crippen LogP contribution in [0.4, 0.5) is 0 Å². The first-order chi connectivity index (χ1) is 9.94. The molecule has 1 aromatic rings. The second kappa shape index (κ2) is 6.81. The molecule has 1 aromatic carbocycles. The summed E-state index contributed by atoms with van der Waals surface area (Å²) in [6, 6.07) is 6.61. The maximum absolute atomic E-state index is 12.2. The summed E-state index contributed by atoms with van der Waals surface area (Å²) in [7, 11) is -3.10. The van der Waals surface area contributed by atoms with E-state index in [1.165, 1.54) is 0 Å². The van der Waals surface area contributed by atoms with E-state index in [4.69, 9.17) is 5.11 Å². The quantitative estimate of drug-likeness (QED) is 0.886. The van der Waals surface area contributed by atoms with Crippen LogP contribution in [0.5, 0.6) is 0 Å². The summed E-state index contributed by atoms with van der Waals surface area (Å²) in [5.41, 5.74) is 1.17. The number of carboxylic acid groups (broad SMARTS) is 1. The van der Waals surface area contributed by atoms with Crippen molar-refractivity contribution in [1.29, 1.82) is 0 Å². The van der Waals surface area contributed by atoms with Crippen molar-refractivity contribution in [3.63, 3.8) is 0 Å². The fraction of sp³-hybridized carbons (Fsp3) is 0.500. The molecule has 1 atom stereocenters. The Bertz CT molecular complexity index is 598. The molecule has 5 nitrogen and oxygen atoms in total. The molecular formula is C14H19NO4S2. The Morgan fingerprint density at radius 3 is 2.62 bits per heavy atom. The predicted octanol–water partition coefficient (Wildman–Crippen LogP) is 1.69. The molecule has 0 spiro atoms. The standard InChI is InChI=1S/C14H19NO4S2/c1-2-21(18,19)13-10-20-8-7-15(13)9-11-3-5-12(6-4-11)14(16)17/h3-6,13H,2,7-10H2,1H3,(H,16,17). The number of thioether (sulfide) groups is 1. The van der Waals surface area contributed by atoms with Crippen LogP contribution in [0.3, 0.4) is 0 Å². The Morgan fingerprint density at radius 1 is 1.38 bits per heavy atom. The number of rotatable bonds is 5. The first-order valence-corrected chi connectivity index (χ1v) is 9.66. The fourth-order valence-electron chi connectivity index (χ4n) is 2.31. The molecule has 1 aliphatic heterocycles. The SMILES string of the molecule is CCS(=O)(=O)C1CSCCN1Cc1ccc(C(=O)O)cc1. The van der Waals surface area contributed by atoms with E-state index in [0.717, 1.165) is 17.9 Å². The summed E-state index contributed by atoms with van der Waals surface area (Å²) in [6.45, 7) is 2.94. The largest absolute Gasteiger partial charge is 0.478 e. The second-order valence-corrected chi connectivity index (χ2v) is 8.55. The average molecular weight is 329 g/mol. The molecular weight excluding hydrogens is 310 g/mol. The van der Waals surface area contributed by atoms with Crippen molar-refractivity contribution in [3.8, 4) is 0 Å². The van der Waals surface area contributed by atoms with Crippen molar-refractivity contribution < 1.29 is 18.3 Å². The molecule has 7 heteroatoms. The molecule has 0 aromatic heterocycles. The first-order valence-electron chi connectivity index (χ1n) is 6.79. The van der Waals surface area contributed by atoms with Gasteiger partial charge in [-0.3, -0.25) is 4.90 Å². The van der Waals surface area contributed by atoms with E-state index in [9.17, 15) is 13.2 Å². The molecule has 1 fully saturated rings. The van der Waals surface area contributed by atoms with E-state index < -0.39 is 21.2 Å². The Hall–Kier alpha value is -1.05. The summed E-state index contributed by atoms with van der Waals surface area (Å²) in [4.78, 5) is 12.8. The molecule has 0 bridgehead atoms. The molecule has 116 valence electrons. The van der Waals surface area contributed by atoms with Gasteiger partial charge in [-0.05, 0) is 17.7 Å². The highest BCUT2D eigenvalue weighted by Gasteiger charge is 2.32. The van der Waals surface area contributed by atoms with Crippen molar-refractivity contribution in [2.75, 3.05) is 23.8 Å². The monoisotopic (exact) mass is 329 g/mol. The normalized spacial score (nSPS) is 20.3. The molecule has 1 heterocycles. The van der Waals surface area contributed by atoms with Gasteiger partial charge in [-0.15, -0.1) is 0 Å². The van der Waals surface area contributed by atoms with Gasteiger partial charge >= 0.3 is 5.97 Å². The zero-order chi connectivity index (χ0) is 15.5. The number of benzene rings is 1. The summed E-state index contributed by atoms with van der Waals surface area (Å²) >= 11 is 1.67. The molecule has 1 saturated heterocycles. The van der Waals surface area contributed by atoms with Crippen LogP contribution < -0.4 is 0 Å². The van der Waals surface area contributed by atoms with Gasteiger partial charge in [0, 0.05) is 30.3 Å². The van der Waals surface area contributed by atoms with Crippen LogP contribution in [0, 0.1) is 0 Å². The minimum atomic E-state index is -3.10. The first kappa shape index (κ1) is 16.3. The van der Waals surface area contributed by atoms with E-state index in [-0.39, 0.29) is 11.3 Å². The lowest BCUT2D eigenvalue weighted by molar-refractivity contribution is 0.0697. The van der Waals surface area contributed by atoms with E-state index in [1.54, 1.807) is 43.0 Å². The molecule has 1 unspecified atom stereocenters. The highest BCUT2D eigenvalue weighted by Crippen LogP contribution is 2.23. The van der Waals surface area contributed by atoms with E-state index >= 15 is 0 Å². The molecule has 21 heavy (non-hydrogen) atoms. The zero-order valence-corrected chi connectivity index (χ0v) is 13.5. The van der Waals surface area contributed by atoms with Crippen molar-refractivity contribution in [2.24, 2.45) is 0 Å². The third-order valence-electron chi connectivity index (χ3n) is 3.59. The molecule has 1 N–H and O–H groups in total. The van der Waals surface area contributed by atoms with Gasteiger partial charge < -0.3 is 5.11 Å². The molecule has 1 aliphatic rings. The van der Waals surface area contributed by atoms with Gasteiger partial charge in [-0.2, -0.15) is 11.8 Å². The van der Waals surface area contributed by atoms with Crippen molar-refractivity contribution >= 4 is 27.6 Å². The van der Waals surface area contributed by atoms with Gasteiger partial charge in [-0.25, -0.2) is 13.2 Å². The molecule has 0 amide bonds. The predicted molar refractivity (Wildman–Crippen MR) is 84.4 cm³/mol. The van der Waals surface area contributed by atoms with Crippen molar-refractivity contribution in [3.05, 3.63) is 35.4 Å². The molecule has 0 radical (unpaired) electrons. The summed E-state index contributed by atoms with van der Waals surface area (Å²) < 4.78 is 24.3. The van der Waals surface area contributed by atoms with Crippen LogP contribution in [-0.4, -0.2) is 53.6 Å². The Labute approximate surface area is 129 Å². The third-order valence-corrected chi connectivity index (χ3v) is 6.93. The topological polar surface area (TPSA) is 74.7 Å². The number of aromatic carboxylic acids is 1. The number of carboxylic acids is 1. The lowest BCUT2D eigenvalue weighted by atomic mass is 10.1. The van der Waals surface area contributed by atoms with Crippen molar-refractivity contribution in [2.45, 2.75) is 18.8 Å². The zero-order valence-electron chi connectivity index (χ0n) is 11.9. The van der Waals surface area contributed by atoms with Crippen LogP contribution in [0.25, 0.3) is 0 Å². The second-order valence-electron chi connectivity index (χ2n) is 4.95. The van der Waals surface area contributed by atoms with Crippen molar-refractivity contribution in [1.82, 2.24) is 4.90 Å². The van der Waals surface area contributed by atoms with Gasteiger partial charge in [0.05, 0.1) is 5.56 Å². The minimum Gasteiger partial charge on any atom is -0.478 e. The average Bonchev–Trinajstić information content (AvgIpc) is 2.48. The van der Waals surface area contributed by atoms with Gasteiger partial charge in [0.25, 0.3) is 0 Å². The lowest BCUT2D eigenvalue weighted by Gasteiger charge is -2.34. The third kappa shape index (κ3) is 3.99. The maximum atomic E-state index is 12.2. The summed E-state index contributed by atoms with van der Waals surface area (Å²) in [5, 5.41) is 8.44.